The number of carbonyl (C=O) groups is 1. The van der Waals surface area contributed by atoms with Crippen LogP contribution in [0.2, 0.25) is 0 Å². The van der Waals surface area contributed by atoms with Crippen LogP contribution in [0.15, 0.2) is 24.3 Å². The number of carbonyl (C=O) groups excluding carboxylic acids is 1. The lowest BCUT2D eigenvalue weighted by Gasteiger charge is -2.38. The summed E-state index contributed by atoms with van der Waals surface area (Å²) in [4.78, 5) is 19.2. The monoisotopic (exact) mass is 319 g/mol. The Bertz CT molecular complexity index is 510. The minimum Gasteiger partial charge on any atom is -0.508 e. The molecule has 1 fully saturated rings. The van der Waals surface area contributed by atoms with Crippen LogP contribution < -0.4 is 0 Å². The number of nitrogens with zero attached hydrogens (tertiary/aromatic N) is 3. The van der Waals surface area contributed by atoms with Crippen molar-refractivity contribution in [1.29, 1.82) is 0 Å². The van der Waals surface area contributed by atoms with E-state index < -0.39 is 0 Å². The molecule has 1 aromatic carbocycles. The summed E-state index contributed by atoms with van der Waals surface area (Å²) in [6.45, 7) is 8.01. The van der Waals surface area contributed by atoms with Gasteiger partial charge in [-0.3, -0.25) is 9.69 Å². The molecule has 2 atom stereocenters. The summed E-state index contributed by atoms with van der Waals surface area (Å²) in [6, 6.07) is 7.26. The van der Waals surface area contributed by atoms with Crippen molar-refractivity contribution in [2.24, 2.45) is 0 Å². The lowest BCUT2D eigenvalue weighted by Crippen LogP contribution is -2.54. The third-order valence-electron chi connectivity index (χ3n) is 4.92. The molecule has 0 saturated carbocycles. The fourth-order valence-electron chi connectivity index (χ4n) is 2.99. The Labute approximate surface area is 139 Å². The summed E-state index contributed by atoms with van der Waals surface area (Å²) < 4.78 is 0. The number of benzene rings is 1. The standard InChI is InChI=1S/C18H29N3O2/c1-14(13-16-5-7-17(22)8-6-16)20(4)18(23)15(2)21-11-9-19(3)10-12-21/h5-8,14-15,22H,9-13H2,1-4H3/t14-,15-/m1/s1. The minimum absolute atomic E-state index is 0.0732. The van der Waals surface area contributed by atoms with Gasteiger partial charge in [0.25, 0.3) is 0 Å². The predicted octanol–water partition coefficient (Wildman–Crippen LogP) is 1.42. The summed E-state index contributed by atoms with van der Waals surface area (Å²) >= 11 is 0. The van der Waals surface area contributed by atoms with Crippen molar-refractivity contribution in [2.45, 2.75) is 32.4 Å². The van der Waals surface area contributed by atoms with E-state index in [0.717, 1.165) is 38.2 Å². The van der Waals surface area contributed by atoms with Crippen LogP contribution in [-0.4, -0.2) is 78.1 Å². The zero-order valence-electron chi connectivity index (χ0n) is 14.7. The molecule has 1 aromatic rings. The van der Waals surface area contributed by atoms with E-state index in [2.05, 4.69) is 23.8 Å². The molecular formula is C18H29N3O2. The summed E-state index contributed by atoms with van der Waals surface area (Å²) in [7, 11) is 4.01. The molecule has 128 valence electrons. The van der Waals surface area contributed by atoms with Gasteiger partial charge in [0.2, 0.25) is 5.91 Å². The topological polar surface area (TPSA) is 47.0 Å². The van der Waals surface area contributed by atoms with Gasteiger partial charge in [0.05, 0.1) is 6.04 Å². The van der Waals surface area contributed by atoms with Crippen LogP contribution in [-0.2, 0) is 11.2 Å². The van der Waals surface area contributed by atoms with Crippen LogP contribution in [0.25, 0.3) is 0 Å². The van der Waals surface area contributed by atoms with Gasteiger partial charge < -0.3 is 14.9 Å². The normalized spacial score (nSPS) is 19.3. The molecule has 1 amide bonds. The number of piperazine rings is 1. The van der Waals surface area contributed by atoms with Gasteiger partial charge in [-0.25, -0.2) is 0 Å². The van der Waals surface area contributed by atoms with Crippen LogP contribution in [0.3, 0.4) is 0 Å². The summed E-state index contributed by atoms with van der Waals surface area (Å²) in [5.41, 5.74) is 1.13. The number of phenols is 1. The Morgan fingerprint density at radius 2 is 1.74 bits per heavy atom. The van der Waals surface area contributed by atoms with Gasteiger partial charge in [-0.05, 0) is 45.0 Å². The number of phenolic OH excluding ortho intramolecular Hbond substituents is 1. The Kier molecular flexibility index (Phi) is 6.02. The van der Waals surface area contributed by atoms with Crippen LogP contribution in [0, 0.1) is 0 Å². The van der Waals surface area contributed by atoms with E-state index in [1.165, 1.54) is 0 Å². The predicted molar refractivity (Wildman–Crippen MR) is 92.6 cm³/mol. The molecule has 0 bridgehead atoms. The lowest BCUT2D eigenvalue weighted by molar-refractivity contribution is -0.137. The molecule has 0 radical (unpaired) electrons. The smallest absolute Gasteiger partial charge is 0.239 e. The molecule has 0 aromatic heterocycles. The molecule has 2 rings (SSSR count). The largest absolute Gasteiger partial charge is 0.508 e. The summed E-state index contributed by atoms with van der Waals surface area (Å²) in [5.74, 6) is 0.454. The van der Waals surface area contributed by atoms with Crippen molar-refractivity contribution in [3.63, 3.8) is 0 Å². The van der Waals surface area contributed by atoms with Crippen molar-refractivity contribution in [1.82, 2.24) is 14.7 Å². The fourth-order valence-corrected chi connectivity index (χ4v) is 2.99. The van der Waals surface area contributed by atoms with Crippen LogP contribution in [0.5, 0.6) is 5.75 Å². The average Bonchev–Trinajstić information content (AvgIpc) is 2.55. The molecule has 23 heavy (non-hydrogen) atoms. The second kappa shape index (κ2) is 7.79. The summed E-state index contributed by atoms with van der Waals surface area (Å²) in [5, 5.41) is 9.35. The molecule has 1 heterocycles. The van der Waals surface area contributed by atoms with Crippen LogP contribution >= 0.6 is 0 Å². The zero-order valence-corrected chi connectivity index (χ0v) is 14.7. The molecule has 0 spiro atoms. The van der Waals surface area contributed by atoms with Crippen molar-refractivity contribution < 1.29 is 9.90 Å². The van der Waals surface area contributed by atoms with Gasteiger partial charge in [-0.15, -0.1) is 0 Å². The Hall–Kier alpha value is -1.59. The fraction of sp³-hybridized carbons (Fsp3) is 0.611. The molecule has 1 saturated heterocycles. The number of rotatable bonds is 5. The van der Waals surface area contributed by atoms with Gasteiger partial charge in [-0.1, -0.05) is 12.1 Å². The Balaban J connectivity index is 1.91. The number of likely N-dealkylation sites (N-methyl/N-ethyl adjacent to an activating group) is 2. The highest BCUT2D eigenvalue weighted by atomic mass is 16.3. The Morgan fingerprint density at radius 1 is 1.17 bits per heavy atom. The first-order chi connectivity index (χ1) is 10.9. The molecule has 1 aliphatic rings. The maximum Gasteiger partial charge on any atom is 0.239 e. The first kappa shape index (κ1) is 17.8. The number of amides is 1. The first-order valence-corrected chi connectivity index (χ1v) is 8.35. The first-order valence-electron chi connectivity index (χ1n) is 8.35. The van der Waals surface area contributed by atoms with E-state index in [4.69, 9.17) is 0 Å². The highest BCUT2D eigenvalue weighted by Crippen LogP contribution is 2.15. The quantitative estimate of drug-likeness (QED) is 0.892. The number of hydrogen-bond donors (Lipinski definition) is 1. The van der Waals surface area contributed by atoms with E-state index in [1.54, 1.807) is 12.1 Å². The second-order valence-electron chi connectivity index (χ2n) is 6.68. The van der Waals surface area contributed by atoms with Crippen LogP contribution in [0.4, 0.5) is 0 Å². The van der Waals surface area contributed by atoms with Gasteiger partial charge in [0.1, 0.15) is 5.75 Å². The van der Waals surface area contributed by atoms with Crippen LogP contribution in [0.1, 0.15) is 19.4 Å². The maximum atomic E-state index is 12.7. The van der Waals surface area contributed by atoms with Gasteiger partial charge in [-0.2, -0.15) is 0 Å². The van der Waals surface area contributed by atoms with Crippen molar-refractivity contribution >= 4 is 5.91 Å². The van der Waals surface area contributed by atoms with E-state index in [1.807, 2.05) is 31.0 Å². The van der Waals surface area contributed by atoms with Gasteiger partial charge in [0.15, 0.2) is 0 Å². The van der Waals surface area contributed by atoms with E-state index in [-0.39, 0.29) is 23.7 Å². The molecule has 0 aliphatic carbocycles. The highest BCUT2D eigenvalue weighted by molar-refractivity contribution is 5.81. The second-order valence-corrected chi connectivity index (χ2v) is 6.68. The van der Waals surface area contributed by atoms with E-state index >= 15 is 0 Å². The molecule has 0 unspecified atom stereocenters. The van der Waals surface area contributed by atoms with Crippen molar-refractivity contribution in [3.8, 4) is 5.75 Å². The molecule has 5 nitrogen and oxygen atoms in total. The number of aromatic hydroxyl groups is 1. The highest BCUT2D eigenvalue weighted by Gasteiger charge is 2.28. The minimum atomic E-state index is -0.0732. The van der Waals surface area contributed by atoms with E-state index in [0.29, 0.717) is 0 Å². The van der Waals surface area contributed by atoms with E-state index in [9.17, 15) is 9.90 Å². The maximum absolute atomic E-state index is 12.7. The van der Waals surface area contributed by atoms with Gasteiger partial charge >= 0.3 is 0 Å². The Morgan fingerprint density at radius 3 is 2.30 bits per heavy atom. The SMILES string of the molecule is C[C@H](C(=O)N(C)[C@H](C)Cc1ccc(O)cc1)N1CCN(C)CC1. The third kappa shape index (κ3) is 4.69. The van der Waals surface area contributed by atoms with Gasteiger partial charge in [0, 0.05) is 39.3 Å². The summed E-state index contributed by atoms with van der Waals surface area (Å²) in [6.07, 6.45) is 0.790. The van der Waals surface area contributed by atoms with Crippen molar-refractivity contribution in [2.75, 3.05) is 40.3 Å². The lowest BCUT2D eigenvalue weighted by atomic mass is 10.1. The molecular weight excluding hydrogens is 290 g/mol. The molecule has 1 aliphatic heterocycles. The average molecular weight is 319 g/mol. The molecule has 1 N–H and O–H groups in total. The third-order valence-corrected chi connectivity index (χ3v) is 4.92. The zero-order chi connectivity index (χ0) is 17.0. The molecule has 5 heteroatoms. The number of hydrogen-bond acceptors (Lipinski definition) is 4. The van der Waals surface area contributed by atoms with Crippen molar-refractivity contribution in [3.05, 3.63) is 29.8 Å².